The van der Waals surface area contributed by atoms with Gasteiger partial charge >= 0.3 is 0 Å². The fourth-order valence-corrected chi connectivity index (χ4v) is 5.19. The zero-order valence-corrected chi connectivity index (χ0v) is 19.3. The van der Waals surface area contributed by atoms with E-state index >= 15 is 0 Å². The molecule has 0 spiro atoms. The molecule has 0 saturated heterocycles. The molecule has 1 atom stereocenters. The Morgan fingerprint density at radius 1 is 1.00 bits per heavy atom. The van der Waals surface area contributed by atoms with Crippen LogP contribution in [0.4, 0.5) is 5.69 Å². The number of fused-ring (bicyclic) bond motifs is 1. The molecule has 0 unspecified atom stereocenters. The zero-order chi connectivity index (χ0) is 23.4. The third-order valence-electron chi connectivity index (χ3n) is 5.33. The highest BCUT2D eigenvalue weighted by Gasteiger charge is 2.29. The standard InChI is InChI=1S/C25H26N2O5S/c1-18-12-13-22(19(2)14-18)27(33(29,30)21-8-4-3-5-9-21)16-25(28)26-15-20-17-31-23-10-6-7-11-24(23)32-20/h3-14,20H,15-17H2,1-2H3,(H,26,28)/t20-/m0/s1. The van der Waals surface area contributed by atoms with Crippen LogP contribution in [0.5, 0.6) is 11.5 Å². The Bertz CT molecular complexity index is 1240. The number of amides is 1. The van der Waals surface area contributed by atoms with Gasteiger partial charge in [-0.25, -0.2) is 8.42 Å². The second-order valence-electron chi connectivity index (χ2n) is 7.92. The van der Waals surface area contributed by atoms with Gasteiger partial charge in [-0.2, -0.15) is 0 Å². The summed E-state index contributed by atoms with van der Waals surface area (Å²) in [5, 5.41) is 2.79. The summed E-state index contributed by atoms with van der Waals surface area (Å²) in [6, 6.07) is 20.9. The van der Waals surface area contributed by atoms with Gasteiger partial charge in [0.05, 0.1) is 17.1 Å². The third kappa shape index (κ3) is 5.12. The maximum Gasteiger partial charge on any atom is 0.264 e. The van der Waals surface area contributed by atoms with Crippen LogP contribution in [0.2, 0.25) is 0 Å². The Balaban J connectivity index is 1.51. The summed E-state index contributed by atoms with van der Waals surface area (Å²) in [4.78, 5) is 13.0. The molecule has 0 saturated carbocycles. The van der Waals surface area contributed by atoms with Crippen molar-refractivity contribution in [3.63, 3.8) is 0 Å². The highest BCUT2D eigenvalue weighted by molar-refractivity contribution is 7.92. The number of hydrogen-bond donors (Lipinski definition) is 1. The Morgan fingerprint density at radius 3 is 2.42 bits per heavy atom. The molecular formula is C25H26N2O5S. The average Bonchev–Trinajstić information content (AvgIpc) is 2.82. The molecule has 0 radical (unpaired) electrons. The molecule has 0 aromatic heterocycles. The van der Waals surface area contributed by atoms with Crippen LogP contribution in [0.1, 0.15) is 11.1 Å². The van der Waals surface area contributed by atoms with Crippen molar-refractivity contribution in [3.8, 4) is 11.5 Å². The minimum absolute atomic E-state index is 0.124. The van der Waals surface area contributed by atoms with Crippen LogP contribution in [0.15, 0.2) is 77.7 Å². The number of carbonyl (C=O) groups excluding carboxylic acids is 1. The van der Waals surface area contributed by atoms with Gasteiger partial charge in [0.25, 0.3) is 10.0 Å². The predicted molar refractivity (Wildman–Crippen MR) is 126 cm³/mol. The van der Waals surface area contributed by atoms with E-state index in [-0.39, 0.29) is 24.1 Å². The second-order valence-corrected chi connectivity index (χ2v) is 9.78. The number of hydrogen-bond acceptors (Lipinski definition) is 5. The van der Waals surface area contributed by atoms with Crippen molar-refractivity contribution in [1.82, 2.24) is 5.32 Å². The van der Waals surface area contributed by atoms with Gasteiger partial charge in [0.15, 0.2) is 11.5 Å². The molecule has 3 aromatic carbocycles. The lowest BCUT2D eigenvalue weighted by Gasteiger charge is -2.28. The summed E-state index contributed by atoms with van der Waals surface area (Å²) < 4.78 is 39.6. The van der Waals surface area contributed by atoms with Crippen molar-refractivity contribution in [1.29, 1.82) is 0 Å². The molecule has 33 heavy (non-hydrogen) atoms. The first-order valence-corrected chi connectivity index (χ1v) is 12.1. The number of nitrogens with zero attached hydrogens (tertiary/aromatic N) is 1. The highest BCUT2D eigenvalue weighted by Crippen LogP contribution is 2.31. The first-order valence-electron chi connectivity index (χ1n) is 10.6. The molecule has 1 heterocycles. The smallest absolute Gasteiger partial charge is 0.264 e. The lowest BCUT2D eigenvalue weighted by molar-refractivity contribution is -0.120. The Labute approximate surface area is 194 Å². The third-order valence-corrected chi connectivity index (χ3v) is 7.11. The van der Waals surface area contributed by atoms with Crippen molar-refractivity contribution >= 4 is 21.6 Å². The second kappa shape index (κ2) is 9.54. The van der Waals surface area contributed by atoms with E-state index in [0.717, 1.165) is 15.4 Å². The van der Waals surface area contributed by atoms with Gasteiger partial charge in [0.2, 0.25) is 5.91 Å². The summed E-state index contributed by atoms with van der Waals surface area (Å²) >= 11 is 0. The number of carbonyl (C=O) groups is 1. The number of rotatable bonds is 7. The Kier molecular flexibility index (Phi) is 6.55. The molecule has 1 N–H and O–H groups in total. The molecule has 7 nitrogen and oxygen atoms in total. The first-order chi connectivity index (χ1) is 15.8. The summed E-state index contributed by atoms with van der Waals surface area (Å²) in [5.74, 6) is 0.846. The topological polar surface area (TPSA) is 84.9 Å². The summed E-state index contributed by atoms with van der Waals surface area (Å²) in [6.45, 7) is 3.90. The number of ether oxygens (including phenoxy) is 2. The lowest BCUT2D eigenvalue weighted by atomic mass is 10.1. The maximum absolute atomic E-state index is 13.4. The SMILES string of the molecule is Cc1ccc(N(CC(=O)NC[C@H]2COc3ccccc3O2)S(=O)(=O)c2ccccc2)c(C)c1. The van der Waals surface area contributed by atoms with Gasteiger partial charge in [-0.05, 0) is 49.7 Å². The molecule has 0 aliphatic carbocycles. The molecule has 0 fully saturated rings. The van der Waals surface area contributed by atoms with E-state index in [2.05, 4.69) is 5.32 Å². The molecule has 1 amide bonds. The molecule has 3 aromatic rings. The minimum atomic E-state index is -3.95. The van der Waals surface area contributed by atoms with E-state index in [1.54, 1.807) is 30.3 Å². The van der Waals surface area contributed by atoms with Gasteiger partial charge in [-0.1, -0.05) is 48.0 Å². The van der Waals surface area contributed by atoms with Crippen molar-refractivity contribution in [2.75, 3.05) is 24.0 Å². The molecular weight excluding hydrogens is 440 g/mol. The van der Waals surface area contributed by atoms with E-state index in [0.29, 0.717) is 23.8 Å². The number of nitrogens with one attached hydrogen (secondary N) is 1. The van der Waals surface area contributed by atoms with E-state index in [4.69, 9.17) is 9.47 Å². The molecule has 1 aliphatic rings. The van der Waals surface area contributed by atoms with E-state index in [1.165, 1.54) is 12.1 Å². The fraction of sp³-hybridized carbons (Fsp3) is 0.240. The predicted octanol–water partition coefficient (Wildman–Crippen LogP) is 3.45. The van der Waals surface area contributed by atoms with Crippen LogP contribution in [0.3, 0.4) is 0 Å². The molecule has 4 rings (SSSR count). The lowest BCUT2D eigenvalue weighted by Crippen LogP contribution is -2.45. The van der Waals surface area contributed by atoms with Crippen LogP contribution in [-0.4, -0.2) is 40.1 Å². The first kappa shape index (κ1) is 22.7. The van der Waals surface area contributed by atoms with E-state index in [9.17, 15) is 13.2 Å². The quantitative estimate of drug-likeness (QED) is 0.577. The van der Waals surface area contributed by atoms with Crippen LogP contribution in [0.25, 0.3) is 0 Å². The number of para-hydroxylation sites is 2. The number of benzene rings is 3. The van der Waals surface area contributed by atoms with Crippen LogP contribution in [0, 0.1) is 13.8 Å². The fourth-order valence-electron chi connectivity index (χ4n) is 3.68. The van der Waals surface area contributed by atoms with Crippen LogP contribution >= 0.6 is 0 Å². The van der Waals surface area contributed by atoms with Crippen molar-refractivity contribution in [2.24, 2.45) is 0 Å². The van der Waals surface area contributed by atoms with Gasteiger partial charge < -0.3 is 14.8 Å². The zero-order valence-electron chi connectivity index (χ0n) is 18.5. The van der Waals surface area contributed by atoms with E-state index in [1.807, 2.05) is 44.2 Å². The molecule has 0 bridgehead atoms. The number of anilines is 1. The molecule has 1 aliphatic heterocycles. The minimum Gasteiger partial charge on any atom is -0.486 e. The summed E-state index contributed by atoms with van der Waals surface area (Å²) in [7, 11) is -3.95. The van der Waals surface area contributed by atoms with Crippen molar-refractivity contribution < 1.29 is 22.7 Å². The average molecular weight is 467 g/mol. The maximum atomic E-state index is 13.4. The van der Waals surface area contributed by atoms with Gasteiger partial charge in [0, 0.05) is 0 Å². The molecule has 172 valence electrons. The Morgan fingerprint density at radius 2 is 1.70 bits per heavy atom. The highest BCUT2D eigenvalue weighted by atomic mass is 32.2. The largest absolute Gasteiger partial charge is 0.486 e. The van der Waals surface area contributed by atoms with Gasteiger partial charge in [-0.15, -0.1) is 0 Å². The van der Waals surface area contributed by atoms with Gasteiger partial charge in [-0.3, -0.25) is 9.10 Å². The summed E-state index contributed by atoms with van der Waals surface area (Å²) in [6.07, 6.45) is -0.371. The van der Waals surface area contributed by atoms with Crippen LogP contribution < -0.4 is 19.1 Å². The summed E-state index contributed by atoms with van der Waals surface area (Å²) in [5.41, 5.74) is 2.24. The van der Waals surface area contributed by atoms with E-state index < -0.39 is 15.9 Å². The van der Waals surface area contributed by atoms with Gasteiger partial charge in [0.1, 0.15) is 19.3 Å². The van der Waals surface area contributed by atoms with Crippen LogP contribution in [-0.2, 0) is 14.8 Å². The monoisotopic (exact) mass is 466 g/mol. The number of sulfonamides is 1. The molecule has 8 heteroatoms. The number of aryl methyl sites for hydroxylation is 2. The van der Waals surface area contributed by atoms with Crippen molar-refractivity contribution in [3.05, 3.63) is 83.9 Å². The van der Waals surface area contributed by atoms with Crippen molar-refractivity contribution in [2.45, 2.75) is 24.8 Å². The normalized spacial score (nSPS) is 15.0. The Hall–Kier alpha value is -3.52.